The number of benzene rings is 2. The van der Waals surface area contributed by atoms with E-state index in [4.69, 9.17) is 4.74 Å². The van der Waals surface area contributed by atoms with E-state index in [2.05, 4.69) is 5.32 Å². The maximum absolute atomic E-state index is 12.9. The molecule has 0 radical (unpaired) electrons. The van der Waals surface area contributed by atoms with Crippen LogP contribution in [0, 0.1) is 6.92 Å². The van der Waals surface area contributed by atoms with E-state index >= 15 is 0 Å². The molecular formula is C21H26N2O4S. The Morgan fingerprint density at radius 1 is 1.04 bits per heavy atom. The van der Waals surface area contributed by atoms with Crippen molar-refractivity contribution in [1.29, 1.82) is 0 Å². The number of carbonyl (C=O) groups excluding carboxylic acids is 1. The van der Waals surface area contributed by atoms with Crippen molar-refractivity contribution in [3.05, 3.63) is 65.2 Å². The Labute approximate surface area is 166 Å². The molecule has 0 spiro atoms. The summed E-state index contributed by atoms with van der Waals surface area (Å²) in [4.78, 5) is 12.5. The molecule has 1 fully saturated rings. The van der Waals surface area contributed by atoms with Crippen molar-refractivity contribution in [2.24, 2.45) is 0 Å². The van der Waals surface area contributed by atoms with Crippen LogP contribution in [0.2, 0.25) is 0 Å². The summed E-state index contributed by atoms with van der Waals surface area (Å²) in [5, 5.41) is 2.85. The molecule has 7 heteroatoms. The molecule has 0 aliphatic carbocycles. The molecule has 0 saturated carbocycles. The molecule has 0 aromatic heterocycles. The summed E-state index contributed by atoms with van der Waals surface area (Å²) in [7, 11) is -3.61. The molecule has 1 aliphatic rings. The van der Waals surface area contributed by atoms with Gasteiger partial charge in [-0.2, -0.15) is 4.31 Å². The van der Waals surface area contributed by atoms with Gasteiger partial charge in [0.15, 0.2) is 0 Å². The Kier molecular flexibility index (Phi) is 6.17. The summed E-state index contributed by atoms with van der Waals surface area (Å²) in [5.74, 6) is -0.238. The van der Waals surface area contributed by atoms with E-state index in [1.165, 1.54) is 16.4 Å². The molecule has 0 bridgehead atoms. The molecule has 1 aliphatic heterocycles. The Morgan fingerprint density at radius 3 is 2.18 bits per heavy atom. The SMILES string of the molecule is Cc1ccc(CNC(=O)c2ccc(S(=O)(=O)N3CC(C)OC(C)C3)cc2)cc1. The molecule has 1 saturated heterocycles. The molecule has 2 aromatic carbocycles. The highest BCUT2D eigenvalue weighted by Gasteiger charge is 2.32. The number of carbonyl (C=O) groups is 1. The average molecular weight is 403 g/mol. The van der Waals surface area contributed by atoms with Gasteiger partial charge in [-0.05, 0) is 50.6 Å². The second-order valence-electron chi connectivity index (χ2n) is 7.27. The van der Waals surface area contributed by atoms with Gasteiger partial charge >= 0.3 is 0 Å². The van der Waals surface area contributed by atoms with Crippen molar-refractivity contribution in [3.8, 4) is 0 Å². The summed E-state index contributed by atoms with van der Waals surface area (Å²) in [6.45, 7) is 6.80. The Bertz CT molecular complexity index is 914. The number of ether oxygens (including phenoxy) is 1. The lowest BCUT2D eigenvalue weighted by atomic mass is 10.1. The third-order valence-corrected chi connectivity index (χ3v) is 6.56. The van der Waals surface area contributed by atoms with Crippen molar-refractivity contribution < 1.29 is 17.9 Å². The summed E-state index contributed by atoms with van der Waals surface area (Å²) in [5.41, 5.74) is 2.60. The van der Waals surface area contributed by atoms with Crippen LogP contribution in [-0.4, -0.2) is 43.9 Å². The Balaban J connectivity index is 1.66. The van der Waals surface area contributed by atoms with Crippen LogP contribution in [0.15, 0.2) is 53.4 Å². The summed E-state index contributed by atoms with van der Waals surface area (Å²) < 4.78 is 32.8. The van der Waals surface area contributed by atoms with Crippen LogP contribution in [0.1, 0.15) is 35.3 Å². The maximum atomic E-state index is 12.9. The summed E-state index contributed by atoms with van der Waals surface area (Å²) in [6, 6.07) is 14.0. The first-order valence-corrected chi connectivity index (χ1v) is 10.8. The van der Waals surface area contributed by atoms with Crippen molar-refractivity contribution in [2.75, 3.05) is 13.1 Å². The quantitative estimate of drug-likeness (QED) is 0.834. The van der Waals surface area contributed by atoms with E-state index in [9.17, 15) is 13.2 Å². The molecule has 6 nitrogen and oxygen atoms in total. The minimum atomic E-state index is -3.61. The minimum Gasteiger partial charge on any atom is -0.373 e. The second kappa shape index (κ2) is 8.43. The zero-order valence-electron chi connectivity index (χ0n) is 16.4. The van der Waals surface area contributed by atoms with Crippen LogP contribution in [-0.2, 0) is 21.3 Å². The molecule has 150 valence electrons. The largest absolute Gasteiger partial charge is 0.373 e. The lowest BCUT2D eigenvalue weighted by molar-refractivity contribution is -0.0440. The predicted octanol–water partition coefficient (Wildman–Crippen LogP) is 2.72. The first-order chi connectivity index (χ1) is 13.3. The molecular weight excluding hydrogens is 376 g/mol. The molecule has 1 N–H and O–H groups in total. The maximum Gasteiger partial charge on any atom is 0.251 e. The van der Waals surface area contributed by atoms with Crippen LogP contribution in [0.5, 0.6) is 0 Å². The zero-order chi connectivity index (χ0) is 20.3. The van der Waals surface area contributed by atoms with E-state index in [0.717, 1.165) is 11.1 Å². The lowest BCUT2D eigenvalue weighted by Gasteiger charge is -2.34. The first-order valence-electron chi connectivity index (χ1n) is 9.35. The van der Waals surface area contributed by atoms with E-state index in [1.807, 2.05) is 45.0 Å². The van der Waals surface area contributed by atoms with Gasteiger partial charge in [0.1, 0.15) is 0 Å². The smallest absolute Gasteiger partial charge is 0.251 e. The van der Waals surface area contributed by atoms with Crippen LogP contribution in [0.4, 0.5) is 0 Å². The fourth-order valence-electron chi connectivity index (χ4n) is 3.24. The number of rotatable bonds is 5. The van der Waals surface area contributed by atoms with E-state index in [1.54, 1.807) is 12.1 Å². The van der Waals surface area contributed by atoms with Crippen molar-refractivity contribution in [1.82, 2.24) is 9.62 Å². The number of amides is 1. The van der Waals surface area contributed by atoms with Gasteiger partial charge in [0.2, 0.25) is 10.0 Å². The van der Waals surface area contributed by atoms with Gasteiger partial charge in [0.05, 0.1) is 17.1 Å². The fraction of sp³-hybridized carbons (Fsp3) is 0.381. The number of sulfonamides is 1. The fourth-order valence-corrected chi connectivity index (χ4v) is 4.84. The van der Waals surface area contributed by atoms with Crippen LogP contribution in [0.25, 0.3) is 0 Å². The minimum absolute atomic E-state index is 0.148. The predicted molar refractivity (Wildman–Crippen MR) is 108 cm³/mol. The van der Waals surface area contributed by atoms with E-state index in [-0.39, 0.29) is 23.0 Å². The number of nitrogens with one attached hydrogen (secondary N) is 1. The van der Waals surface area contributed by atoms with Crippen LogP contribution < -0.4 is 5.32 Å². The second-order valence-corrected chi connectivity index (χ2v) is 9.21. The number of hydrogen-bond donors (Lipinski definition) is 1. The van der Waals surface area contributed by atoms with Crippen molar-refractivity contribution in [2.45, 2.75) is 44.4 Å². The van der Waals surface area contributed by atoms with E-state index in [0.29, 0.717) is 25.2 Å². The van der Waals surface area contributed by atoms with E-state index < -0.39 is 10.0 Å². The molecule has 1 heterocycles. The Hall–Kier alpha value is -2.22. The van der Waals surface area contributed by atoms with Gasteiger partial charge in [0.25, 0.3) is 5.91 Å². The van der Waals surface area contributed by atoms with Crippen molar-refractivity contribution >= 4 is 15.9 Å². The van der Waals surface area contributed by atoms with Gasteiger partial charge in [0, 0.05) is 25.2 Å². The number of morpholine rings is 1. The number of nitrogens with zero attached hydrogens (tertiary/aromatic N) is 1. The standard InChI is InChI=1S/C21H26N2O4S/c1-15-4-6-18(7-5-15)12-22-21(24)19-8-10-20(11-9-19)28(25,26)23-13-16(2)27-17(3)14-23/h4-11,16-17H,12-14H2,1-3H3,(H,22,24). The summed E-state index contributed by atoms with van der Waals surface area (Å²) >= 11 is 0. The highest BCUT2D eigenvalue weighted by molar-refractivity contribution is 7.89. The monoisotopic (exact) mass is 402 g/mol. The zero-order valence-corrected chi connectivity index (χ0v) is 17.2. The average Bonchev–Trinajstić information content (AvgIpc) is 2.66. The van der Waals surface area contributed by atoms with Gasteiger partial charge in [-0.15, -0.1) is 0 Å². The van der Waals surface area contributed by atoms with Crippen molar-refractivity contribution in [3.63, 3.8) is 0 Å². The van der Waals surface area contributed by atoms with Gasteiger partial charge < -0.3 is 10.1 Å². The Morgan fingerprint density at radius 2 is 1.61 bits per heavy atom. The topological polar surface area (TPSA) is 75.7 Å². The molecule has 3 rings (SSSR count). The first kappa shape index (κ1) is 20.5. The highest BCUT2D eigenvalue weighted by atomic mass is 32.2. The number of hydrogen-bond acceptors (Lipinski definition) is 4. The van der Waals surface area contributed by atoms with Crippen LogP contribution >= 0.6 is 0 Å². The van der Waals surface area contributed by atoms with Crippen LogP contribution in [0.3, 0.4) is 0 Å². The molecule has 2 aromatic rings. The third-order valence-electron chi connectivity index (χ3n) is 4.71. The van der Waals surface area contributed by atoms with Gasteiger partial charge in [-0.25, -0.2) is 8.42 Å². The summed E-state index contributed by atoms with van der Waals surface area (Å²) in [6.07, 6.45) is -0.296. The third kappa shape index (κ3) is 4.79. The highest BCUT2D eigenvalue weighted by Crippen LogP contribution is 2.21. The molecule has 28 heavy (non-hydrogen) atoms. The normalized spacial score (nSPS) is 20.7. The number of aryl methyl sites for hydroxylation is 1. The molecule has 2 atom stereocenters. The lowest BCUT2D eigenvalue weighted by Crippen LogP contribution is -2.48. The molecule has 1 amide bonds. The van der Waals surface area contributed by atoms with Gasteiger partial charge in [-0.1, -0.05) is 29.8 Å². The van der Waals surface area contributed by atoms with Gasteiger partial charge in [-0.3, -0.25) is 4.79 Å². The molecule has 2 unspecified atom stereocenters.